The fourth-order valence-corrected chi connectivity index (χ4v) is 5.57. The summed E-state index contributed by atoms with van der Waals surface area (Å²) in [6.45, 7) is 0. The van der Waals surface area contributed by atoms with Crippen LogP contribution in [0.25, 0.3) is 0 Å². The van der Waals surface area contributed by atoms with Gasteiger partial charge in [0.15, 0.2) is 10.6 Å². The van der Waals surface area contributed by atoms with E-state index in [4.69, 9.17) is 28.2 Å². The molecule has 1 aliphatic rings. The number of hydrogen-bond donors (Lipinski definition) is 0. The minimum absolute atomic E-state index is 0.354. The Labute approximate surface area is 196 Å². The van der Waals surface area contributed by atoms with Crippen LogP contribution in [0.1, 0.15) is 11.1 Å². The van der Waals surface area contributed by atoms with E-state index in [0.29, 0.717) is 30.7 Å². The van der Waals surface area contributed by atoms with Crippen molar-refractivity contribution >= 4 is 57.5 Å². The van der Waals surface area contributed by atoms with Crippen molar-refractivity contribution in [3.8, 4) is 0 Å². The van der Waals surface area contributed by atoms with E-state index in [0.717, 1.165) is 21.7 Å². The highest BCUT2D eigenvalue weighted by atomic mass is 35.5. The maximum Gasteiger partial charge on any atom is 0.280 e. The van der Waals surface area contributed by atoms with Crippen molar-refractivity contribution < 1.29 is 4.55 Å². The first-order valence-electron chi connectivity index (χ1n) is 9.24. The van der Waals surface area contributed by atoms with E-state index in [2.05, 4.69) is 9.97 Å². The Bertz CT molecular complexity index is 1300. The average Bonchev–Trinajstić information content (AvgIpc) is 2.96. The van der Waals surface area contributed by atoms with Crippen LogP contribution in [0.4, 0.5) is 5.69 Å². The monoisotopic (exact) mass is 481 g/mol. The zero-order chi connectivity index (χ0) is 21.4. The maximum absolute atomic E-state index is 13.4. The molecule has 2 heterocycles. The lowest BCUT2D eigenvalue weighted by atomic mass is 10.0. The van der Waals surface area contributed by atoms with E-state index in [9.17, 15) is 4.55 Å². The van der Waals surface area contributed by atoms with Crippen LogP contribution >= 0.6 is 35.0 Å². The predicted octanol–water partition coefficient (Wildman–Crippen LogP) is 6.58. The van der Waals surface area contributed by atoms with Crippen molar-refractivity contribution in [2.45, 2.75) is 19.8 Å². The molecular formula is C23H13Cl2N3OS2. The summed E-state index contributed by atoms with van der Waals surface area (Å²) in [7, 11) is 0. The van der Waals surface area contributed by atoms with Gasteiger partial charge in [-0.3, -0.25) is 0 Å². The van der Waals surface area contributed by atoms with Crippen LogP contribution in [0.5, 0.6) is 0 Å². The highest BCUT2D eigenvalue weighted by Crippen LogP contribution is 2.43. The molecule has 31 heavy (non-hydrogen) atoms. The maximum atomic E-state index is 13.4. The molecule has 0 saturated carbocycles. The second-order valence-corrected chi connectivity index (χ2v) is 9.92. The molecule has 1 atom stereocenters. The van der Waals surface area contributed by atoms with Crippen LogP contribution in [0.2, 0.25) is 10.0 Å². The third-order valence-corrected chi connectivity index (χ3v) is 7.54. The van der Waals surface area contributed by atoms with Gasteiger partial charge in [-0.05, 0) is 42.5 Å². The van der Waals surface area contributed by atoms with Gasteiger partial charge in [0, 0.05) is 37.2 Å². The molecule has 0 amide bonds. The summed E-state index contributed by atoms with van der Waals surface area (Å²) in [5, 5.41) is 2.19. The lowest BCUT2D eigenvalue weighted by molar-refractivity contribution is 0.590. The van der Waals surface area contributed by atoms with Crippen LogP contribution in [-0.2, 0) is 11.2 Å². The average molecular weight is 482 g/mol. The molecule has 0 spiro atoms. The second-order valence-electron chi connectivity index (χ2n) is 6.62. The highest BCUT2D eigenvalue weighted by molar-refractivity contribution is 7.99. The number of hydrogen-bond acceptors (Lipinski definition) is 5. The lowest BCUT2D eigenvalue weighted by Crippen LogP contribution is -2.07. The van der Waals surface area contributed by atoms with Gasteiger partial charge in [0.1, 0.15) is 11.4 Å². The van der Waals surface area contributed by atoms with Gasteiger partial charge in [0.2, 0.25) is 0 Å². The standard InChI is InChI=1S/C23H13Cl2N3OS2/c24-15-6-9-17(10-7-15)31(29)23-21-22(26-13-27-23)30-19-11-8-16(25)12-18(19)20(28-21)14-4-2-1-3-5-14/h1-13H. The van der Waals surface area contributed by atoms with Gasteiger partial charge < -0.3 is 4.55 Å². The van der Waals surface area contributed by atoms with E-state index < -0.39 is 11.2 Å². The molecule has 0 N–H and O–H groups in total. The summed E-state index contributed by atoms with van der Waals surface area (Å²) in [6.07, 6.45) is 1.42. The van der Waals surface area contributed by atoms with E-state index in [1.165, 1.54) is 18.1 Å². The zero-order valence-corrected chi connectivity index (χ0v) is 19.0. The Morgan fingerprint density at radius 3 is 2.35 bits per heavy atom. The summed E-state index contributed by atoms with van der Waals surface area (Å²) in [5.41, 5.74) is 3.04. The normalized spacial score (nSPS) is 13.6. The van der Waals surface area contributed by atoms with Gasteiger partial charge in [-0.25, -0.2) is 9.98 Å². The largest absolute Gasteiger partial charge is 0.605 e. The number of aliphatic imine (C=N–C) groups is 1. The van der Waals surface area contributed by atoms with Gasteiger partial charge in [-0.2, -0.15) is 4.98 Å². The molecule has 1 aliphatic heterocycles. The molecule has 0 bridgehead atoms. The Hall–Kier alpha value is -2.35. The van der Waals surface area contributed by atoms with Gasteiger partial charge in [0.25, 0.3) is 5.03 Å². The van der Waals surface area contributed by atoms with Crippen molar-refractivity contribution in [2.24, 2.45) is 4.99 Å². The number of aromatic nitrogens is 2. The van der Waals surface area contributed by atoms with Crippen molar-refractivity contribution in [1.29, 1.82) is 0 Å². The van der Waals surface area contributed by atoms with Gasteiger partial charge in [-0.15, -0.1) is 0 Å². The van der Waals surface area contributed by atoms with Gasteiger partial charge >= 0.3 is 0 Å². The molecule has 8 heteroatoms. The Balaban J connectivity index is 1.73. The fourth-order valence-electron chi connectivity index (χ4n) is 3.19. The molecule has 0 saturated heterocycles. The first-order chi connectivity index (χ1) is 15.1. The quantitative estimate of drug-likeness (QED) is 0.215. The summed E-state index contributed by atoms with van der Waals surface area (Å²) in [6, 6.07) is 22.4. The smallest absolute Gasteiger partial charge is 0.280 e. The number of nitrogens with zero attached hydrogens (tertiary/aromatic N) is 3. The Kier molecular flexibility index (Phi) is 5.73. The molecular weight excluding hydrogens is 469 g/mol. The molecule has 5 rings (SSSR count). The molecule has 4 nitrogen and oxygen atoms in total. The summed E-state index contributed by atoms with van der Waals surface area (Å²) >= 11 is 12.2. The van der Waals surface area contributed by atoms with E-state index in [1.807, 2.05) is 48.5 Å². The SMILES string of the molecule is [O-][S+](c1ccc(Cl)cc1)c1ncnc2c1N=C(c1ccccc1)c1cc(Cl)ccc1S2. The highest BCUT2D eigenvalue weighted by Gasteiger charge is 2.29. The van der Waals surface area contributed by atoms with Gasteiger partial charge in [0.05, 0.1) is 5.71 Å². The van der Waals surface area contributed by atoms with E-state index in [-0.39, 0.29) is 0 Å². The van der Waals surface area contributed by atoms with Gasteiger partial charge in [-0.1, -0.05) is 65.3 Å². The molecule has 0 radical (unpaired) electrons. The predicted molar refractivity (Wildman–Crippen MR) is 125 cm³/mol. The first-order valence-corrected chi connectivity index (χ1v) is 12.0. The van der Waals surface area contributed by atoms with Crippen molar-refractivity contribution in [3.05, 3.63) is 100 Å². The minimum atomic E-state index is -1.55. The fraction of sp³-hybridized carbons (Fsp3) is 0. The number of benzene rings is 3. The van der Waals surface area contributed by atoms with Crippen LogP contribution in [0.15, 0.2) is 104 Å². The van der Waals surface area contributed by atoms with Crippen LogP contribution in [0, 0.1) is 0 Å². The third-order valence-electron chi connectivity index (χ3n) is 4.63. The zero-order valence-electron chi connectivity index (χ0n) is 15.8. The molecule has 0 aliphatic carbocycles. The number of halogens is 2. The van der Waals surface area contributed by atoms with E-state index in [1.54, 1.807) is 24.3 Å². The number of rotatable bonds is 3. The third kappa shape index (κ3) is 4.10. The van der Waals surface area contributed by atoms with Crippen molar-refractivity contribution in [3.63, 3.8) is 0 Å². The van der Waals surface area contributed by atoms with Crippen molar-refractivity contribution in [2.75, 3.05) is 0 Å². The minimum Gasteiger partial charge on any atom is -0.605 e. The molecule has 3 aromatic carbocycles. The Morgan fingerprint density at radius 1 is 0.839 bits per heavy atom. The molecule has 1 unspecified atom stereocenters. The second kappa shape index (κ2) is 8.65. The Morgan fingerprint density at radius 2 is 1.58 bits per heavy atom. The summed E-state index contributed by atoms with van der Waals surface area (Å²) in [5.74, 6) is 0. The van der Waals surface area contributed by atoms with Crippen LogP contribution < -0.4 is 0 Å². The molecule has 4 aromatic rings. The molecule has 152 valence electrons. The van der Waals surface area contributed by atoms with Crippen molar-refractivity contribution in [1.82, 2.24) is 9.97 Å². The first kappa shape index (κ1) is 20.5. The van der Waals surface area contributed by atoms with Crippen LogP contribution in [0.3, 0.4) is 0 Å². The summed E-state index contributed by atoms with van der Waals surface area (Å²) < 4.78 is 13.4. The number of fused-ring (bicyclic) bond motifs is 2. The molecule has 1 aromatic heterocycles. The summed E-state index contributed by atoms with van der Waals surface area (Å²) in [4.78, 5) is 15.3. The van der Waals surface area contributed by atoms with Crippen LogP contribution in [-0.4, -0.2) is 20.2 Å². The topological polar surface area (TPSA) is 61.2 Å². The molecule has 0 fully saturated rings. The van der Waals surface area contributed by atoms with E-state index >= 15 is 0 Å². The lowest BCUT2D eigenvalue weighted by Gasteiger charge is -2.12.